The largest absolute Gasteiger partial charge is 0.380 e. The van der Waals surface area contributed by atoms with Gasteiger partial charge in [0.25, 0.3) is 5.91 Å². The molecule has 4 aromatic rings. The fourth-order valence-corrected chi connectivity index (χ4v) is 4.08. The average Bonchev–Trinajstić information content (AvgIpc) is 3.28. The third-order valence-electron chi connectivity index (χ3n) is 5.73. The summed E-state index contributed by atoms with van der Waals surface area (Å²) in [6, 6.07) is 17.8. The molecule has 1 saturated heterocycles. The Labute approximate surface area is 186 Å². The number of hydrogen-bond acceptors (Lipinski definition) is 5. The summed E-state index contributed by atoms with van der Waals surface area (Å²) in [5.41, 5.74) is 6.17. The van der Waals surface area contributed by atoms with Crippen molar-refractivity contribution < 1.29 is 14.3 Å². The van der Waals surface area contributed by atoms with Crippen LogP contribution in [0.2, 0.25) is 0 Å². The van der Waals surface area contributed by atoms with Gasteiger partial charge in [-0.3, -0.25) is 9.89 Å². The SMILES string of the molecule is COCc1ccccc1-c1n[nH]c2ncc(-c3cccc(C(=O)N4CCOCC4)c3)cc12. The van der Waals surface area contributed by atoms with Crippen LogP contribution in [0.4, 0.5) is 0 Å². The molecular weight excluding hydrogens is 404 g/mol. The smallest absolute Gasteiger partial charge is 0.254 e. The van der Waals surface area contributed by atoms with Crippen LogP contribution < -0.4 is 0 Å². The number of rotatable bonds is 5. The van der Waals surface area contributed by atoms with Gasteiger partial charge in [0.05, 0.1) is 19.8 Å². The Morgan fingerprint density at radius 3 is 2.78 bits per heavy atom. The van der Waals surface area contributed by atoms with Crippen LogP contribution in [0.1, 0.15) is 15.9 Å². The third kappa shape index (κ3) is 3.88. The van der Waals surface area contributed by atoms with Crippen LogP contribution in [-0.4, -0.2) is 59.4 Å². The lowest BCUT2D eigenvalue weighted by atomic mass is 10.00. The second kappa shape index (κ2) is 8.90. The zero-order valence-electron chi connectivity index (χ0n) is 17.9. The summed E-state index contributed by atoms with van der Waals surface area (Å²) in [5, 5.41) is 8.49. The number of fused-ring (bicyclic) bond motifs is 1. The highest BCUT2D eigenvalue weighted by Crippen LogP contribution is 2.31. The number of pyridine rings is 1. The van der Waals surface area contributed by atoms with Gasteiger partial charge in [0.1, 0.15) is 5.69 Å². The van der Waals surface area contributed by atoms with Gasteiger partial charge in [-0.1, -0.05) is 36.4 Å². The van der Waals surface area contributed by atoms with Crippen molar-refractivity contribution in [1.29, 1.82) is 0 Å². The molecule has 7 nitrogen and oxygen atoms in total. The molecule has 0 spiro atoms. The first-order valence-electron chi connectivity index (χ1n) is 10.6. The summed E-state index contributed by atoms with van der Waals surface area (Å²) in [5.74, 6) is 0.0293. The van der Waals surface area contributed by atoms with Crippen molar-refractivity contribution in [2.24, 2.45) is 0 Å². The third-order valence-corrected chi connectivity index (χ3v) is 5.73. The van der Waals surface area contributed by atoms with Gasteiger partial charge in [-0.25, -0.2) is 4.98 Å². The van der Waals surface area contributed by atoms with Crippen LogP contribution in [0, 0.1) is 0 Å². The van der Waals surface area contributed by atoms with Crippen molar-refractivity contribution in [2.45, 2.75) is 6.61 Å². The van der Waals surface area contributed by atoms with Gasteiger partial charge in [0.2, 0.25) is 0 Å². The van der Waals surface area contributed by atoms with E-state index in [2.05, 4.69) is 21.2 Å². The molecule has 0 aliphatic carbocycles. The number of carbonyl (C=O) groups is 1. The van der Waals surface area contributed by atoms with E-state index in [1.807, 2.05) is 59.6 Å². The molecule has 1 fully saturated rings. The van der Waals surface area contributed by atoms with Gasteiger partial charge in [0.15, 0.2) is 5.65 Å². The molecule has 0 atom stereocenters. The number of nitrogens with one attached hydrogen (secondary N) is 1. The lowest BCUT2D eigenvalue weighted by Gasteiger charge is -2.27. The first-order chi connectivity index (χ1) is 15.7. The molecule has 1 amide bonds. The van der Waals surface area contributed by atoms with Crippen LogP contribution >= 0.6 is 0 Å². The molecule has 0 bridgehead atoms. The highest BCUT2D eigenvalue weighted by atomic mass is 16.5. The number of ether oxygens (including phenoxy) is 2. The van der Waals surface area contributed by atoms with Gasteiger partial charge in [0, 0.05) is 48.5 Å². The Bertz CT molecular complexity index is 1260. The van der Waals surface area contributed by atoms with E-state index in [0.29, 0.717) is 38.5 Å². The number of H-pyrrole nitrogens is 1. The number of methoxy groups -OCH3 is 1. The zero-order chi connectivity index (χ0) is 21.9. The average molecular weight is 428 g/mol. The maximum absolute atomic E-state index is 12.9. The van der Waals surface area contributed by atoms with Gasteiger partial charge < -0.3 is 14.4 Å². The van der Waals surface area contributed by atoms with E-state index in [0.717, 1.165) is 39.0 Å². The van der Waals surface area contributed by atoms with Gasteiger partial charge in [-0.2, -0.15) is 5.10 Å². The first-order valence-corrected chi connectivity index (χ1v) is 10.6. The Kier molecular flexibility index (Phi) is 5.66. The number of hydrogen-bond donors (Lipinski definition) is 1. The predicted molar refractivity (Wildman–Crippen MR) is 122 cm³/mol. The van der Waals surface area contributed by atoms with Crippen LogP contribution in [0.5, 0.6) is 0 Å². The molecule has 5 rings (SSSR count). The molecule has 32 heavy (non-hydrogen) atoms. The van der Waals surface area contributed by atoms with E-state index in [-0.39, 0.29) is 5.91 Å². The Morgan fingerprint density at radius 1 is 1.09 bits per heavy atom. The lowest BCUT2D eigenvalue weighted by Crippen LogP contribution is -2.40. The molecule has 7 heteroatoms. The molecule has 2 aromatic carbocycles. The second-order valence-corrected chi connectivity index (χ2v) is 7.77. The fraction of sp³-hybridized carbons (Fsp3) is 0.240. The summed E-state index contributed by atoms with van der Waals surface area (Å²) in [7, 11) is 1.68. The highest BCUT2D eigenvalue weighted by molar-refractivity contribution is 5.97. The Balaban J connectivity index is 1.52. The second-order valence-electron chi connectivity index (χ2n) is 7.77. The predicted octanol–water partition coefficient (Wildman–Crippen LogP) is 3.91. The minimum absolute atomic E-state index is 0.0293. The maximum atomic E-state index is 12.9. The molecule has 0 radical (unpaired) electrons. The first kappa shape index (κ1) is 20.4. The monoisotopic (exact) mass is 428 g/mol. The van der Waals surface area contributed by atoms with Gasteiger partial charge in [-0.15, -0.1) is 0 Å². The van der Waals surface area contributed by atoms with Crippen LogP contribution in [0.15, 0.2) is 60.8 Å². The summed E-state index contributed by atoms with van der Waals surface area (Å²) in [6.45, 7) is 2.91. The number of amides is 1. The van der Waals surface area contributed by atoms with E-state index in [1.165, 1.54) is 0 Å². The minimum Gasteiger partial charge on any atom is -0.380 e. The summed E-state index contributed by atoms with van der Waals surface area (Å²) < 4.78 is 10.7. The van der Waals surface area contributed by atoms with Crippen molar-refractivity contribution >= 4 is 16.9 Å². The van der Waals surface area contributed by atoms with E-state index in [1.54, 1.807) is 7.11 Å². The Hall–Kier alpha value is -3.55. The van der Waals surface area contributed by atoms with Crippen molar-refractivity contribution in [2.75, 3.05) is 33.4 Å². The number of carbonyl (C=O) groups excluding carboxylic acids is 1. The summed E-state index contributed by atoms with van der Waals surface area (Å²) >= 11 is 0. The minimum atomic E-state index is 0.0293. The standard InChI is InChI=1S/C25H24N4O3/c1-31-16-19-5-2-3-8-21(19)23-22-14-20(15-26-24(22)28-27-23)17-6-4-7-18(13-17)25(30)29-9-11-32-12-10-29/h2-8,13-15H,9-12,16H2,1H3,(H,26,27,28). The molecule has 3 heterocycles. The molecule has 1 N–H and O–H groups in total. The van der Waals surface area contributed by atoms with E-state index >= 15 is 0 Å². The molecule has 0 saturated carbocycles. The normalized spacial score (nSPS) is 14.1. The van der Waals surface area contributed by atoms with Crippen molar-refractivity contribution in [1.82, 2.24) is 20.1 Å². The number of morpholine rings is 1. The van der Waals surface area contributed by atoms with E-state index in [9.17, 15) is 4.79 Å². The fourth-order valence-electron chi connectivity index (χ4n) is 4.08. The Morgan fingerprint density at radius 2 is 1.94 bits per heavy atom. The lowest BCUT2D eigenvalue weighted by molar-refractivity contribution is 0.0303. The van der Waals surface area contributed by atoms with Crippen molar-refractivity contribution in [3.63, 3.8) is 0 Å². The molecule has 162 valence electrons. The van der Waals surface area contributed by atoms with E-state index in [4.69, 9.17) is 9.47 Å². The molecule has 1 aliphatic rings. The summed E-state index contributed by atoms with van der Waals surface area (Å²) in [4.78, 5) is 19.3. The maximum Gasteiger partial charge on any atom is 0.254 e. The molecule has 0 unspecified atom stereocenters. The topological polar surface area (TPSA) is 80.3 Å². The van der Waals surface area contributed by atoms with E-state index < -0.39 is 0 Å². The molecule has 1 aliphatic heterocycles. The van der Waals surface area contributed by atoms with Crippen LogP contribution in [0.3, 0.4) is 0 Å². The highest BCUT2D eigenvalue weighted by Gasteiger charge is 2.19. The number of benzene rings is 2. The number of aromatic nitrogens is 3. The van der Waals surface area contributed by atoms with Crippen molar-refractivity contribution in [3.05, 3.63) is 71.9 Å². The van der Waals surface area contributed by atoms with Gasteiger partial charge in [-0.05, 0) is 29.3 Å². The quantitative estimate of drug-likeness (QED) is 0.521. The number of aromatic amines is 1. The van der Waals surface area contributed by atoms with Crippen LogP contribution in [0.25, 0.3) is 33.4 Å². The number of nitrogens with zero attached hydrogens (tertiary/aromatic N) is 3. The summed E-state index contributed by atoms with van der Waals surface area (Å²) in [6.07, 6.45) is 1.81. The molecular formula is C25H24N4O3. The van der Waals surface area contributed by atoms with Gasteiger partial charge >= 0.3 is 0 Å². The van der Waals surface area contributed by atoms with Crippen molar-refractivity contribution in [3.8, 4) is 22.4 Å². The van der Waals surface area contributed by atoms with Crippen LogP contribution in [-0.2, 0) is 16.1 Å². The zero-order valence-corrected chi connectivity index (χ0v) is 17.9. The molecule has 2 aromatic heterocycles.